The number of methoxy groups -OCH3 is 2. The van der Waals surface area contributed by atoms with Gasteiger partial charge in [-0.2, -0.15) is 0 Å². The molecule has 0 bridgehead atoms. The molecule has 2 aromatic carbocycles. The Bertz CT molecular complexity index is 1350. The predicted octanol–water partition coefficient (Wildman–Crippen LogP) is 3.83. The molecule has 2 heterocycles. The zero-order valence-electron chi connectivity index (χ0n) is 20.6. The van der Waals surface area contributed by atoms with Crippen LogP contribution >= 0.6 is 0 Å². The average molecular weight is 503 g/mol. The minimum Gasteiger partial charge on any atom is -0.507 e. The lowest BCUT2D eigenvalue weighted by molar-refractivity contribution is -0.142. The van der Waals surface area contributed by atoms with Crippen LogP contribution in [0.1, 0.15) is 29.7 Å². The van der Waals surface area contributed by atoms with Crippen molar-refractivity contribution in [3.63, 3.8) is 0 Å². The van der Waals surface area contributed by atoms with Crippen LogP contribution in [0.25, 0.3) is 5.76 Å². The number of benzene rings is 2. The summed E-state index contributed by atoms with van der Waals surface area (Å²) < 4.78 is 15.6. The van der Waals surface area contributed by atoms with Crippen molar-refractivity contribution in [2.24, 2.45) is 0 Å². The van der Waals surface area contributed by atoms with Crippen molar-refractivity contribution in [1.82, 2.24) is 4.98 Å². The second-order valence-corrected chi connectivity index (χ2v) is 8.17. The lowest BCUT2D eigenvalue weighted by Gasteiger charge is -2.25. The fourth-order valence-corrected chi connectivity index (χ4v) is 4.24. The van der Waals surface area contributed by atoms with Crippen LogP contribution in [0.4, 0.5) is 5.69 Å². The number of aliphatic hydroxyl groups is 1. The maximum absolute atomic E-state index is 13.3. The maximum Gasteiger partial charge on any atom is 0.310 e. The molecule has 0 aliphatic carbocycles. The number of ketones is 1. The average Bonchev–Trinajstić information content (AvgIpc) is 3.19. The molecule has 0 spiro atoms. The molecule has 9 nitrogen and oxygen atoms in total. The molecular formula is C28H26N2O7. The number of anilines is 1. The minimum atomic E-state index is -0.933. The summed E-state index contributed by atoms with van der Waals surface area (Å²) in [6.45, 7) is 2.02. The van der Waals surface area contributed by atoms with Gasteiger partial charge in [-0.15, -0.1) is 0 Å². The van der Waals surface area contributed by atoms with E-state index in [-0.39, 0.29) is 35.9 Å². The predicted molar refractivity (Wildman–Crippen MR) is 135 cm³/mol. The van der Waals surface area contributed by atoms with E-state index in [1.165, 1.54) is 25.2 Å². The quantitative estimate of drug-likeness (QED) is 0.214. The van der Waals surface area contributed by atoms with Crippen molar-refractivity contribution in [3.05, 3.63) is 89.3 Å². The Hall–Kier alpha value is -4.66. The Kier molecular flexibility index (Phi) is 7.52. The number of hydrogen-bond donors (Lipinski definition) is 1. The molecule has 1 atom stereocenters. The van der Waals surface area contributed by atoms with Crippen LogP contribution in [0, 0.1) is 0 Å². The van der Waals surface area contributed by atoms with Crippen LogP contribution < -0.4 is 14.4 Å². The Labute approximate surface area is 213 Å². The SMILES string of the molecule is CCOC(=O)Cc1ccc(N2C(=O)C(=O)/C(=C(\O)c3ccc(OC)c(OC)c3)C2c2cccnc2)cc1. The molecule has 190 valence electrons. The van der Waals surface area contributed by atoms with Crippen molar-refractivity contribution >= 4 is 29.1 Å². The topological polar surface area (TPSA) is 115 Å². The van der Waals surface area contributed by atoms with Crippen molar-refractivity contribution < 1.29 is 33.7 Å². The highest BCUT2D eigenvalue weighted by Crippen LogP contribution is 2.42. The number of carbonyl (C=O) groups excluding carboxylic acids is 3. The first-order valence-electron chi connectivity index (χ1n) is 11.6. The van der Waals surface area contributed by atoms with E-state index in [2.05, 4.69) is 4.98 Å². The highest BCUT2D eigenvalue weighted by molar-refractivity contribution is 6.51. The Balaban J connectivity index is 1.81. The molecule has 3 aromatic rings. The molecule has 0 saturated carbocycles. The van der Waals surface area contributed by atoms with Gasteiger partial charge in [0.25, 0.3) is 11.7 Å². The lowest BCUT2D eigenvalue weighted by atomic mass is 9.96. The second kappa shape index (κ2) is 10.9. The molecule has 1 N–H and O–H groups in total. The van der Waals surface area contributed by atoms with Gasteiger partial charge < -0.3 is 19.3 Å². The van der Waals surface area contributed by atoms with Gasteiger partial charge in [0.1, 0.15) is 5.76 Å². The van der Waals surface area contributed by atoms with Crippen LogP contribution in [0.2, 0.25) is 0 Å². The van der Waals surface area contributed by atoms with Crippen LogP contribution in [0.15, 0.2) is 72.6 Å². The third kappa shape index (κ3) is 5.02. The van der Waals surface area contributed by atoms with E-state index in [0.717, 1.165) is 0 Å². The third-order valence-electron chi connectivity index (χ3n) is 5.97. The standard InChI is InChI=1S/C28H26N2O7/c1-4-37-23(31)14-17-7-10-20(11-8-17)30-25(19-6-5-13-29-16-19)24(27(33)28(30)34)26(32)18-9-12-21(35-2)22(15-18)36-3/h5-13,15-16,25,32H,4,14H2,1-3H3/b26-24-. The highest BCUT2D eigenvalue weighted by Gasteiger charge is 2.47. The number of amides is 1. The van der Waals surface area contributed by atoms with Crippen molar-refractivity contribution in [3.8, 4) is 11.5 Å². The third-order valence-corrected chi connectivity index (χ3v) is 5.97. The van der Waals surface area contributed by atoms with Crippen LogP contribution in [0.3, 0.4) is 0 Å². The first kappa shape index (κ1) is 25.4. The van der Waals surface area contributed by atoms with Gasteiger partial charge in [0.2, 0.25) is 0 Å². The second-order valence-electron chi connectivity index (χ2n) is 8.17. The summed E-state index contributed by atoms with van der Waals surface area (Å²) in [5.74, 6) is -1.54. The summed E-state index contributed by atoms with van der Waals surface area (Å²) in [5.41, 5.74) is 1.87. The monoisotopic (exact) mass is 502 g/mol. The number of esters is 1. The molecule has 1 aliphatic heterocycles. The van der Waals surface area contributed by atoms with Crippen LogP contribution in [0.5, 0.6) is 11.5 Å². The molecule has 1 unspecified atom stereocenters. The van der Waals surface area contributed by atoms with Crippen LogP contribution in [-0.2, 0) is 25.5 Å². The van der Waals surface area contributed by atoms with E-state index in [4.69, 9.17) is 14.2 Å². The number of aliphatic hydroxyl groups excluding tert-OH is 1. The number of Topliss-reactive ketones (excluding diaryl/α,β-unsaturated/α-hetero) is 1. The normalized spacial score (nSPS) is 16.5. The highest BCUT2D eigenvalue weighted by atomic mass is 16.5. The van der Waals surface area contributed by atoms with Gasteiger partial charge >= 0.3 is 5.97 Å². The molecule has 1 aliphatic rings. The molecule has 9 heteroatoms. The molecule has 1 aromatic heterocycles. The van der Waals surface area contributed by atoms with Gasteiger partial charge in [-0.3, -0.25) is 24.3 Å². The molecule has 1 saturated heterocycles. The van der Waals surface area contributed by atoms with Crippen molar-refractivity contribution in [1.29, 1.82) is 0 Å². The largest absolute Gasteiger partial charge is 0.507 e. The molecule has 37 heavy (non-hydrogen) atoms. The smallest absolute Gasteiger partial charge is 0.310 e. The fraction of sp³-hybridized carbons (Fsp3) is 0.214. The molecule has 4 rings (SSSR count). The number of rotatable bonds is 8. The van der Waals surface area contributed by atoms with Gasteiger partial charge in [-0.05, 0) is 54.4 Å². The Morgan fingerprint density at radius 1 is 1.03 bits per heavy atom. The van der Waals surface area contributed by atoms with E-state index >= 15 is 0 Å². The molecule has 0 radical (unpaired) electrons. The van der Waals surface area contributed by atoms with Crippen molar-refractivity contribution in [2.75, 3.05) is 25.7 Å². The first-order chi connectivity index (χ1) is 17.9. The van der Waals surface area contributed by atoms with E-state index in [1.54, 1.807) is 67.8 Å². The Morgan fingerprint density at radius 2 is 1.76 bits per heavy atom. The van der Waals surface area contributed by atoms with E-state index in [9.17, 15) is 19.5 Å². The zero-order valence-corrected chi connectivity index (χ0v) is 20.6. The van der Waals surface area contributed by atoms with E-state index < -0.39 is 17.7 Å². The fourth-order valence-electron chi connectivity index (χ4n) is 4.24. The first-order valence-corrected chi connectivity index (χ1v) is 11.6. The Morgan fingerprint density at radius 3 is 2.38 bits per heavy atom. The molecule has 1 amide bonds. The van der Waals surface area contributed by atoms with E-state index in [0.29, 0.717) is 28.3 Å². The number of aromatic nitrogens is 1. The summed E-state index contributed by atoms with van der Waals surface area (Å²) in [4.78, 5) is 43.9. The van der Waals surface area contributed by atoms with Gasteiger partial charge in [-0.1, -0.05) is 18.2 Å². The summed E-state index contributed by atoms with van der Waals surface area (Å²) in [7, 11) is 2.95. The molecular weight excluding hydrogens is 476 g/mol. The maximum atomic E-state index is 13.3. The van der Waals surface area contributed by atoms with Gasteiger partial charge in [-0.25, -0.2) is 0 Å². The number of ether oxygens (including phenoxy) is 3. The lowest BCUT2D eigenvalue weighted by Crippen LogP contribution is -2.29. The number of carbonyl (C=O) groups is 3. The summed E-state index contributed by atoms with van der Waals surface area (Å²) >= 11 is 0. The number of pyridine rings is 1. The van der Waals surface area contributed by atoms with Gasteiger partial charge in [0.05, 0.1) is 38.9 Å². The number of hydrogen-bond acceptors (Lipinski definition) is 8. The van der Waals surface area contributed by atoms with E-state index in [1.807, 2.05) is 0 Å². The van der Waals surface area contributed by atoms with Crippen molar-refractivity contribution in [2.45, 2.75) is 19.4 Å². The zero-order chi connectivity index (χ0) is 26.5. The summed E-state index contributed by atoms with van der Waals surface area (Å²) in [6, 6.07) is 13.9. The minimum absolute atomic E-state index is 0.0816. The summed E-state index contributed by atoms with van der Waals surface area (Å²) in [6.07, 6.45) is 3.20. The van der Waals surface area contributed by atoms with Gasteiger partial charge in [0.15, 0.2) is 11.5 Å². The van der Waals surface area contributed by atoms with Gasteiger partial charge in [0, 0.05) is 23.6 Å². The number of nitrogens with zero attached hydrogens (tertiary/aromatic N) is 2. The summed E-state index contributed by atoms with van der Waals surface area (Å²) in [5, 5.41) is 11.3. The molecule has 1 fully saturated rings. The van der Waals surface area contributed by atoms with Crippen LogP contribution in [-0.4, -0.2) is 48.6 Å².